The molecule has 0 saturated heterocycles. The Kier molecular flexibility index (Phi) is 4.44. The average Bonchev–Trinajstić information content (AvgIpc) is 3.25. The normalized spacial score (nSPS) is 15.6. The number of pyridine rings is 1. The van der Waals surface area contributed by atoms with Crippen LogP contribution in [0.2, 0.25) is 0 Å². The van der Waals surface area contributed by atoms with E-state index >= 15 is 0 Å². The van der Waals surface area contributed by atoms with Crippen molar-refractivity contribution in [3.63, 3.8) is 0 Å². The smallest absolute Gasteiger partial charge is 0.338 e. The van der Waals surface area contributed by atoms with Crippen molar-refractivity contribution < 1.29 is 9.53 Å². The lowest BCUT2D eigenvalue weighted by Gasteiger charge is -2.28. The van der Waals surface area contributed by atoms with E-state index in [0.29, 0.717) is 17.2 Å². The van der Waals surface area contributed by atoms with Crippen molar-refractivity contribution in [2.24, 2.45) is 0 Å². The average molecular weight is 398 g/mol. The molecule has 3 heterocycles. The van der Waals surface area contributed by atoms with E-state index in [1.54, 1.807) is 10.9 Å². The molecule has 0 radical (unpaired) electrons. The molecule has 0 amide bonds. The van der Waals surface area contributed by atoms with E-state index in [0.717, 1.165) is 22.0 Å². The molecule has 0 spiro atoms. The van der Waals surface area contributed by atoms with Gasteiger partial charge in [-0.1, -0.05) is 53.6 Å². The number of allylic oxidation sites excluding steroid dienone is 1. The van der Waals surface area contributed by atoms with Crippen molar-refractivity contribution >= 4 is 22.8 Å². The van der Waals surface area contributed by atoms with Crippen LogP contribution < -0.4 is 5.32 Å². The highest BCUT2D eigenvalue weighted by Crippen LogP contribution is 2.37. The van der Waals surface area contributed by atoms with Crippen LogP contribution in [0.3, 0.4) is 0 Å². The second kappa shape index (κ2) is 7.40. The van der Waals surface area contributed by atoms with Gasteiger partial charge in [-0.25, -0.2) is 4.79 Å². The van der Waals surface area contributed by atoms with Gasteiger partial charge in [-0.15, -0.1) is 0 Å². The zero-order valence-electron chi connectivity index (χ0n) is 16.2. The molecule has 30 heavy (non-hydrogen) atoms. The number of rotatable bonds is 4. The zero-order valence-corrected chi connectivity index (χ0v) is 16.2. The lowest BCUT2D eigenvalue weighted by molar-refractivity contribution is -0.140. The summed E-state index contributed by atoms with van der Waals surface area (Å²) in [5.74, 6) is 0.0499. The first-order chi connectivity index (χ1) is 14.7. The first-order valence-corrected chi connectivity index (χ1v) is 9.53. The highest BCUT2D eigenvalue weighted by molar-refractivity contribution is 5.94. The molecule has 0 saturated carbocycles. The van der Waals surface area contributed by atoms with Crippen LogP contribution in [0.4, 0.5) is 5.95 Å². The molecule has 0 aliphatic carbocycles. The van der Waals surface area contributed by atoms with Gasteiger partial charge in [-0.3, -0.25) is 4.98 Å². The van der Waals surface area contributed by atoms with Crippen molar-refractivity contribution in [3.05, 3.63) is 89.3 Å². The largest absolute Gasteiger partial charge is 0.457 e. The highest BCUT2D eigenvalue weighted by atomic mass is 16.5. The summed E-state index contributed by atoms with van der Waals surface area (Å²) in [4.78, 5) is 17.7. The third-order valence-corrected chi connectivity index (χ3v) is 5.12. The van der Waals surface area contributed by atoms with Crippen LogP contribution in [0.1, 0.15) is 24.1 Å². The van der Waals surface area contributed by atoms with Gasteiger partial charge in [-0.05, 0) is 40.6 Å². The van der Waals surface area contributed by atoms with Crippen LogP contribution in [0.15, 0.2) is 78.1 Å². The molecule has 1 aliphatic rings. The van der Waals surface area contributed by atoms with Gasteiger partial charge < -0.3 is 10.1 Å². The minimum Gasteiger partial charge on any atom is -0.457 e. The highest BCUT2D eigenvalue weighted by Gasteiger charge is 2.35. The Morgan fingerprint density at radius 2 is 1.97 bits per heavy atom. The molecule has 148 valence electrons. The molecule has 4 aromatic rings. The van der Waals surface area contributed by atoms with Gasteiger partial charge >= 0.3 is 5.97 Å². The Labute approximate surface area is 172 Å². The lowest BCUT2D eigenvalue weighted by atomic mass is 9.93. The maximum atomic E-state index is 13.2. The number of esters is 1. The first kappa shape index (κ1) is 18.0. The first-order valence-electron chi connectivity index (χ1n) is 9.53. The summed E-state index contributed by atoms with van der Waals surface area (Å²) in [5.41, 5.74) is 3.74. The second-order valence-electron chi connectivity index (χ2n) is 6.99. The number of aromatic nitrogens is 5. The van der Waals surface area contributed by atoms with E-state index in [1.807, 2.05) is 67.6 Å². The summed E-state index contributed by atoms with van der Waals surface area (Å²) in [6, 6.07) is 18.7. The van der Waals surface area contributed by atoms with E-state index < -0.39 is 12.0 Å². The minimum absolute atomic E-state index is 0.183. The van der Waals surface area contributed by atoms with Crippen molar-refractivity contribution in [3.8, 4) is 0 Å². The molecular weight excluding hydrogens is 380 g/mol. The Morgan fingerprint density at radius 3 is 2.83 bits per heavy atom. The van der Waals surface area contributed by atoms with Crippen LogP contribution in [0, 0.1) is 0 Å². The van der Waals surface area contributed by atoms with Crippen molar-refractivity contribution in [1.82, 2.24) is 25.2 Å². The molecule has 2 aromatic carbocycles. The van der Waals surface area contributed by atoms with E-state index in [4.69, 9.17) is 4.74 Å². The Hall–Kier alpha value is -4.07. The molecular formula is C22H18N6O2. The molecule has 5 rings (SSSR count). The van der Waals surface area contributed by atoms with Crippen LogP contribution in [-0.4, -0.2) is 31.2 Å². The number of nitrogens with one attached hydrogen (secondary N) is 1. The van der Waals surface area contributed by atoms with Gasteiger partial charge in [0.25, 0.3) is 0 Å². The molecule has 1 unspecified atom stereocenters. The molecule has 0 bridgehead atoms. The Balaban J connectivity index is 1.58. The predicted molar refractivity (Wildman–Crippen MR) is 110 cm³/mol. The third kappa shape index (κ3) is 3.08. The number of tetrazole rings is 1. The van der Waals surface area contributed by atoms with Crippen LogP contribution in [-0.2, 0) is 16.1 Å². The number of benzene rings is 2. The van der Waals surface area contributed by atoms with Gasteiger partial charge in [0.15, 0.2) is 0 Å². The summed E-state index contributed by atoms with van der Waals surface area (Å²) in [6.07, 6.45) is 1.74. The monoisotopic (exact) mass is 398 g/mol. The molecule has 2 aromatic heterocycles. The summed E-state index contributed by atoms with van der Waals surface area (Å²) < 4.78 is 7.26. The number of anilines is 1. The Bertz CT molecular complexity index is 1260. The Morgan fingerprint density at radius 1 is 1.10 bits per heavy atom. The topological polar surface area (TPSA) is 94.8 Å². The summed E-state index contributed by atoms with van der Waals surface area (Å²) in [7, 11) is 0. The molecule has 1 N–H and O–H groups in total. The standard InChI is InChI=1S/C22H18N6O2/c1-14-19(21(29)30-13-15-7-3-2-4-8-15)20(28-22(24-14)25-26-27-28)17-9-5-11-18-16(17)10-6-12-23-18/h2-12,20H,13H2,1H3,(H,24,25,27). The molecule has 1 atom stereocenters. The number of carbonyl (C=O) groups is 1. The van der Waals surface area contributed by atoms with Gasteiger partial charge in [0.05, 0.1) is 11.1 Å². The van der Waals surface area contributed by atoms with Crippen molar-refractivity contribution in [1.29, 1.82) is 0 Å². The molecule has 0 fully saturated rings. The predicted octanol–water partition coefficient (Wildman–Crippen LogP) is 3.25. The number of hydrogen-bond donors (Lipinski definition) is 1. The molecule has 8 heteroatoms. The zero-order chi connectivity index (χ0) is 20.5. The van der Waals surface area contributed by atoms with Crippen LogP contribution in [0.25, 0.3) is 10.9 Å². The number of nitrogens with zero attached hydrogens (tertiary/aromatic N) is 5. The van der Waals surface area contributed by atoms with E-state index in [9.17, 15) is 4.79 Å². The lowest BCUT2D eigenvalue weighted by Crippen LogP contribution is -2.29. The van der Waals surface area contributed by atoms with Gasteiger partial charge in [0.2, 0.25) is 5.95 Å². The SMILES string of the molecule is CC1=C(C(=O)OCc2ccccc2)C(c2cccc3ncccc23)n2nnnc2N1. The number of fused-ring (bicyclic) bond motifs is 2. The number of carbonyl (C=O) groups excluding carboxylic acids is 1. The molecule has 8 nitrogen and oxygen atoms in total. The van der Waals surface area contributed by atoms with E-state index in [1.165, 1.54) is 0 Å². The maximum absolute atomic E-state index is 13.2. The number of hydrogen-bond acceptors (Lipinski definition) is 7. The van der Waals surface area contributed by atoms with Gasteiger partial charge in [0.1, 0.15) is 12.6 Å². The fraction of sp³-hybridized carbons (Fsp3) is 0.136. The number of ether oxygens (including phenoxy) is 1. The summed E-state index contributed by atoms with van der Waals surface area (Å²) in [5, 5.41) is 16.0. The van der Waals surface area contributed by atoms with Gasteiger partial charge in [0, 0.05) is 17.3 Å². The quantitative estimate of drug-likeness (QED) is 0.527. The fourth-order valence-electron chi connectivity index (χ4n) is 3.73. The van der Waals surface area contributed by atoms with Gasteiger partial charge in [-0.2, -0.15) is 4.68 Å². The van der Waals surface area contributed by atoms with Crippen molar-refractivity contribution in [2.75, 3.05) is 5.32 Å². The van der Waals surface area contributed by atoms with E-state index in [2.05, 4.69) is 25.8 Å². The van der Waals surface area contributed by atoms with Crippen LogP contribution >= 0.6 is 0 Å². The molecule has 1 aliphatic heterocycles. The second-order valence-corrected chi connectivity index (χ2v) is 6.99. The third-order valence-electron chi connectivity index (χ3n) is 5.12. The van der Waals surface area contributed by atoms with Crippen LogP contribution in [0.5, 0.6) is 0 Å². The maximum Gasteiger partial charge on any atom is 0.338 e. The fourth-order valence-corrected chi connectivity index (χ4v) is 3.73. The summed E-state index contributed by atoms with van der Waals surface area (Å²) in [6.45, 7) is 2.01. The summed E-state index contributed by atoms with van der Waals surface area (Å²) >= 11 is 0. The minimum atomic E-state index is -0.535. The van der Waals surface area contributed by atoms with E-state index in [-0.39, 0.29) is 6.61 Å². The van der Waals surface area contributed by atoms with Crippen molar-refractivity contribution in [2.45, 2.75) is 19.6 Å².